The van der Waals surface area contributed by atoms with Crippen LogP contribution in [0.25, 0.3) is 10.1 Å². The summed E-state index contributed by atoms with van der Waals surface area (Å²) in [5.74, 6) is -0.597. The first-order chi connectivity index (χ1) is 11.9. The van der Waals surface area contributed by atoms with Crippen molar-refractivity contribution in [3.8, 4) is 0 Å². The molecular formula is C17H13F3N2O2S. The third kappa shape index (κ3) is 3.80. The molecule has 3 aromatic rings. The smallest absolute Gasteiger partial charge is 0.387 e. The van der Waals surface area contributed by atoms with Crippen molar-refractivity contribution < 1.29 is 23.1 Å². The van der Waals surface area contributed by atoms with E-state index in [1.165, 1.54) is 11.3 Å². The Balaban J connectivity index is 1.65. The van der Waals surface area contributed by atoms with Crippen molar-refractivity contribution in [3.05, 3.63) is 64.8 Å². The third-order valence-electron chi connectivity index (χ3n) is 3.64. The highest BCUT2D eigenvalue weighted by atomic mass is 32.1. The van der Waals surface area contributed by atoms with Crippen LogP contribution in [0.5, 0.6) is 0 Å². The number of aromatic nitrogens is 1. The fourth-order valence-electron chi connectivity index (χ4n) is 2.35. The van der Waals surface area contributed by atoms with Gasteiger partial charge in [-0.2, -0.15) is 13.2 Å². The van der Waals surface area contributed by atoms with Crippen LogP contribution in [0.1, 0.15) is 27.7 Å². The molecule has 130 valence electrons. The van der Waals surface area contributed by atoms with Crippen LogP contribution in [0, 0.1) is 0 Å². The van der Waals surface area contributed by atoms with Crippen molar-refractivity contribution in [2.45, 2.75) is 12.3 Å². The average molecular weight is 366 g/mol. The Labute approximate surface area is 144 Å². The monoisotopic (exact) mass is 366 g/mol. The molecule has 0 radical (unpaired) electrons. The molecule has 25 heavy (non-hydrogen) atoms. The van der Waals surface area contributed by atoms with E-state index in [0.717, 1.165) is 28.4 Å². The topological polar surface area (TPSA) is 62.2 Å². The average Bonchev–Trinajstić information content (AvgIpc) is 3.03. The van der Waals surface area contributed by atoms with Crippen LogP contribution in [0.2, 0.25) is 0 Å². The van der Waals surface area contributed by atoms with E-state index in [1.807, 2.05) is 29.6 Å². The van der Waals surface area contributed by atoms with Gasteiger partial charge in [-0.05, 0) is 29.0 Å². The van der Waals surface area contributed by atoms with Crippen LogP contribution in [0.15, 0.2) is 48.0 Å². The number of hydrogen-bond acceptors (Lipinski definition) is 4. The van der Waals surface area contributed by atoms with Crippen LogP contribution in [-0.4, -0.2) is 22.5 Å². The Hall–Kier alpha value is -2.45. The number of hydrogen-bond donors (Lipinski definition) is 2. The number of benzene rings is 1. The van der Waals surface area contributed by atoms with Crippen LogP contribution >= 0.6 is 11.3 Å². The van der Waals surface area contributed by atoms with Gasteiger partial charge in [-0.25, -0.2) is 0 Å². The minimum Gasteiger partial charge on any atom is -0.387 e. The summed E-state index contributed by atoms with van der Waals surface area (Å²) >= 11 is 1.49. The fraction of sp³-hybridized carbons (Fsp3) is 0.176. The first-order valence-electron chi connectivity index (χ1n) is 7.32. The highest BCUT2D eigenvalue weighted by molar-refractivity contribution is 7.17. The number of nitrogens with one attached hydrogen (secondary N) is 1. The van der Waals surface area contributed by atoms with Gasteiger partial charge in [-0.3, -0.25) is 9.78 Å². The van der Waals surface area contributed by atoms with Crippen LogP contribution < -0.4 is 5.32 Å². The van der Waals surface area contributed by atoms with Crippen LogP contribution in [-0.2, 0) is 6.18 Å². The number of alkyl halides is 3. The summed E-state index contributed by atoms with van der Waals surface area (Å²) in [6, 6.07) is 9.37. The molecule has 0 saturated carbocycles. The first kappa shape index (κ1) is 17.4. The molecule has 2 N–H and O–H groups in total. The van der Waals surface area contributed by atoms with Gasteiger partial charge in [0.25, 0.3) is 5.91 Å². The predicted octanol–water partition coefficient (Wildman–Crippen LogP) is 3.78. The largest absolute Gasteiger partial charge is 0.433 e. The van der Waals surface area contributed by atoms with Gasteiger partial charge in [0.05, 0.1) is 11.7 Å². The normalized spacial score (nSPS) is 13.0. The molecule has 0 fully saturated rings. The Morgan fingerprint density at radius 1 is 1.24 bits per heavy atom. The molecule has 4 nitrogen and oxygen atoms in total. The lowest BCUT2D eigenvalue weighted by Crippen LogP contribution is -2.28. The summed E-state index contributed by atoms with van der Waals surface area (Å²) in [5, 5.41) is 15.5. The number of rotatable bonds is 4. The molecule has 0 saturated heterocycles. The third-order valence-corrected chi connectivity index (χ3v) is 4.62. The second kappa shape index (κ2) is 6.81. The number of carbonyl (C=O) groups is 1. The first-order valence-corrected chi connectivity index (χ1v) is 8.20. The predicted molar refractivity (Wildman–Crippen MR) is 88.4 cm³/mol. The zero-order chi connectivity index (χ0) is 18.0. The number of pyridine rings is 1. The number of fused-ring (bicyclic) bond motifs is 1. The lowest BCUT2D eigenvalue weighted by Gasteiger charge is -2.12. The fourth-order valence-corrected chi connectivity index (χ4v) is 3.36. The van der Waals surface area contributed by atoms with Gasteiger partial charge in [0.1, 0.15) is 5.69 Å². The zero-order valence-corrected chi connectivity index (χ0v) is 13.6. The highest BCUT2D eigenvalue weighted by Crippen LogP contribution is 2.30. The minimum absolute atomic E-state index is 0.00428. The molecule has 2 heterocycles. The Bertz CT molecular complexity index is 891. The molecule has 3 rings (SSSR count). The van der Waals surface area contributed by atoms with Crippen molar-refractivity contribution in [2.24, 2.45) is 0 Å². The van der Waals surface area contributed by atoms with E-state index in [-0.39, 0.29) is 12.1 Å². The van der Waals surface area contributed by atoms with E-state index < -0.39 is 23.9 Å². The van der Waals surface area contributed by atoms with Gasteiger partial charge in [-0.1, -0.05) is 18.2 Å². The van der Waals surface area contributed by atoms with Gasteiger partial charge < -0.3 is 10.4 Å². The Morgan fingerprint density at radius 3 is 2.68 bits per heavy atom. The van der Waals surface area contributed by atoms with E-state index >= 15 is 0 Å². The molecular weight excluding hydrogens is 353 g/mol. The van der Waals surface area contributed by atoms with Gasteiger partial charge >= 0.3 is 6.18 Å². The van der Waals surface area contributed by atoms with E-state index in [9.17, 15) is 23.1 Å². The number of amides is 1. The number of halogens is 3. The molecule has 1 amide bonds. The molecule has 2 aromatic heterocycles. The summed E-state index contributed by atoms with van der Waals surface area (Å²) in [6.45, 7) is -0.0550. The van der Waals surface area contributed by atoms with Gasteiger partial charge in [0, 0.05) is 23.0 Å². The van der Waals surface area contributed by atoms with Crippen LogP contribution in [0.3, 0.4) is 0 Å². The molecule has 0 aliphatic heterocycles. The van der Waals surface area contributed by atoms with Crippen molar-refractivity contribution in [1.29, 1.82) is 0 Å². The van der Waals surface area contributed by atoms with E-state index in [4.69, 9.17) is 0 Å². The molecule has 0 unspecified atom stereocenters. The molecule has 0 bridgehead atoms. The standard InChI is InChI=1S/C17H13F3N2O2S/c18-17(19,20)15-6-5-10(7-21-15)16(24)22-8-13(23)12-9-25-14-4-2-1-3-11(12)14/h1-7,9,13,23H,8H2,(H,22,24)/t13-/m0/s1. The SMILES string of the molecule is O=C(NC[C@H](O)c1csc2ccccc12)c1ccc(C(F)(F)F)nc1. The van der Waals surface area contributed by atoms with Crippen molar-refractivity contribution in [2.75, 3.05) is 6.54 Å². The molecule has 0 aliphatic rings. The van der Waals surface area contributed by atoms with E-state index in [2.05, 4.69) is 10.3 Å². The lowest BCUT2D eigenvalue weighted by atomic mass is 10.1. The molecule has 0 aliphatic carbocycles. The summed E-state index contributed by atoms with van der Waals surface area (Å²) in [7, 11) is 0. The summed E-state index contributed by atoms with van der Waals surface area (Å²) in [5.41, 5.74) is -0.365. The maximum absolute atomic E-state index is 12.5. The molecule has 1 atom stereocenters. The van der Waals surface area contributed by atoms with Gasteiger partial charge in [0.15, 0.2) is 0 Å². The number of aliphatic hydroxyl groups is 1. The lowest BCUT2D eigenvalue weighted by molar-refractivity contribution is -0.141. The second-order valence-corrected chi connectivity index (χ2v) is 6.25. The zero-order valence-electron chi connectivity index (χ0n) is 12.7. The van der Waals surface area contributed by atoms with Crippen molar-refractivity contribution in [1.82, 2.24) is 10.3 Å². The van der Waals surface area contributed by atoms with Crippen LogP contribution in [0.4, 0.5) is 13.2 Å². The summed E-state index contributed by atoms with van der Waals surface area (Å²) < 4.78 is 38.4. The maximum Gasteiger partial charge on any atom is 0.433 e. The second-order valence-electron chi connectivity index (χ2n) is 5.34. The van der Waals surface area contributed by atoms with Crippen molar-refractivity contribution in [3.63, 3.8) is 0 Å². The minimum atomic E-state index is -4.55. The molecule has 8 heteroatoms. The Kier molecular flexibility index (Phi) is 4.73. The van der Waals surface area contributed by atoms with E-state index in [0.29, 0.717) is 5.56 Å². The molecule has 1 aromatic carbocycles. The number of carbonyl (C=O) groups excluding carboxylic acids is 1. The van der Waals surface area contributed by atoms with Gasteiger partial charge in [0.2, 0.25) is 0 Å². The quantitative estimate of drug-likeness (QED) is 0.739. The Morgan fingerprint density at radius 2 is 2.00 bits per heavy atom. The summed E-state index contributed by atoms with van der Waals surface area (Å²) in [6.07, 6.45) is -4.60. The van der Waals surface area contributed by atoms with Crippen molar-refractivity contribution >= 4 is 27.3 Å². The highest BCUT2D eigenvalue weighted by Gasteiger charge is 2.32. The number of nitrogens with zero attached hydrogens (tertiary/aromatic N) is 1. The number of aliphatic hydroxyl groups excluding tert-OH is 1. The van der Waals surface area contributed by atoms with E-state index in [1.54, 1.807) is 0 Å². The molecule has 0 spiro atoms. The number of thiophene rings is 1. The maximum atomic E-state index is 12.5. The van der Waals surface area contributed by atoms with Gasteiger partial charge in [-0.15, -0.1) is 11.3 Å². The summed E-state index contributed by atoms with van der Waals surface area (Å²) in [4.78, 5) is 15.2.